The van der Waals surface area contributed by atoms with E-state index in [0.29, 0.717) is 12.2 Å². The summed E-state index contributed by atoms with van der Waals surface area (Å²) in [5.41, 5.74) is 1.26. The molecule has 2 aromatic carbocycles. The van der Waals surface area contributed by atoms with Crippen LogP contribution in [0.25, 0.3) is 0 Å². The van der Waals surface area contributed by atoms with E-state index in [0.717, 1.165) is 18.0 Å². The van der Waals surface area contributed by atoms with Crippen molar-refractivity contribution in [1.29, 1.82) is 0 Å². The zero-order chi connectivity index (χ0) is 18.9. The van der Waals surface area contributed by atoms with Gasteiger partial charge in [-0.2, -0.15) is 0 Å². The molecule has 140 valence electrons. The number of para-hydroxylation sites is 1. The summed E-state index contributed by atoms with van der Waals surface area (Å²) in [4.78, 5) is 15.4. The number of hydrogen-bond acceptors (Lipinski definition) is 5. The number of benzene rings is 2. The fourth-order valence-corrected chi connectivity index (χ4v) is 3.56. The Morgan fingerprint density at radius 1 is 1.00 bits per heavy atom. The molecule has 0 bridgehead atoms. The van der Waals surface area contributed by atoms with Crippen LogP contribution in [0.3, 0.4) is 0 Å². The summed E-state index contributed by atoms with van der Waals surface area (Å²) in [5, 5.41) is 1.99. The molecule has 27 heavy (non-hydrogen) atoms. The molecule has 0 aliphatic heterocycles. The number of nitrogens with zero attached hydrogens (tertiary/aromatic N) is 1. The lowest BCUT2D eigenvalue weighted by Gasteiger charge is -2.21. The highest BCUT2D eigenvalue weighted by atomic mass is 32.1. The van der Waals surface area contributed by atoms with Crippen molar-refractivity contribution in [3.05, 3.63) is 88.6 Å². The molecule has 0 fully saturated rings. The second kappa shape index (κ2) is 9.90. The van der Waals surface area contributed by atoms with E-state index in [1.165, 1.54) is 5.56 Å². The Bertz CT molecular complexity index is 806. The molecule has 4 nitrogen and oxygen atoms in total. The zero-order valence-electron chi connectivity index (χ0n) is 15.3. The third kappa shape index (κ3) is 6.24. The minimum absolute atomic E-state index is 0.320. The molecule has 0 amide bonds. The van der Waals surface area contributed by atoms with Crippen LogP contribution in [0.4, 0.5) is 4.79 Å². The Morgan fingerprint density at radius 2 is 1.70 bits per heavy atom. The average Bonchev–Trinajstić information content (AvgIpc) is 3.21. The molecule has 3 aromatic rings. The van der Waals surface area contributed by atoms with Crippen molar-refractivity contribution in [2.75, 3.05) is 13.6 Å². The van der Waals surface area contributed by atoms with E-state index in [1.807, 2.05) is 53.9 Å². The zero-order valence-corrected chi connectivity index (χ0v) is 16.1. The Kier molecular flexibility index (Phi) is 7.02. The second-order valence-corrected chi connectivity index (χ2v) is 7.28. The molecule has 1 heterocycles. The lowest BCUT2D eigenvalue weighted by atomic mass is 10.2. The van der Waals surface area contributed by atoms with E-state index in [4.69, 9.17) is 9.47 Å². The first kappa shape index (κ1) is 19.1. The van der Waals surface area contributed by atoms with Crippen LogP contribution >= 0.6 is 11.3 Å². The summed E-state index contributed by atoms with van der Waals surface area (Å²) < 4.78 is 10.9. The van der Waals surface area contributed by atoms with Crippen LogP contribution in [-0.4, -0.2) is 24.6 Å². The van der Waals surface area contributed by atoms with Gasteiger partial charge in [-0.25, -0.2) is 4.79 Å². The van der Waals surface area contributed by atoms with Crippen molar-refractivity contribution in [2.45, 2.75) is 19.1 Å². The Balaban J connectivity index is 1.56. The molecular weight excluding hydrogens is 358 g/mol. The molecule has 0 saturated heterocycles. The van der Waals surface area contributed by atoms with Crippen molar-refractivity contribution in [1.82, 2.24) is 4.90 Å². The van der Waals surface area contributed by atoms with Gasteiger partial charge < -0.3 is 14.4 Å². The van der Waals surface area contributed by atoms with Crippen LogP contribution in [0.15, 0.2) is 78.2 Å². The number of ether oxygens (including phenoxy) is 2. The predicted octanol–water partition coefficient (Wildman–Crippen LogP) is 5.53. The van der Waals surface area contributed by atoms with Crippen molar-refractivity contribution in [3.8, 4) is 5.75 Å². The van der Waals surface area contributed by atoms with E-state index in [2.05, 4.69) is 24.1 Å². The highest BCUT2D eigenvalue weighted by molar-refractivity contribution is 7.10. The first-order valence-electron chi connectivity index (χ1n) is 8.90. The quantitative estimate of drug-likeness (QED) is 0.380. The van der Waals surface area contributed by atoms with E-state index in [-0.39, 0.29) is 6.10 Å². The first-order chi connectivity index (χ1) is 13.2. The number of carbonyl (C=O) groups is 1. The van der Waals surface area contributed by atoms with Crippen LogP contribution in [0.1, 0.15) is 23.0 Å². The topological polar surface area (TPSA) is 38.8 Å². The second-order valence-electron chi connectivity index (χ2n) is 6.30. The summed E-state index contributed by atoms with van der Waals surface area (Å²) in [7, 11) is 2.07. The van der Waals surface area contributed by atoms with Crippen LogP contribution in [0.2, 0.25) is 0 Å². The highest BCUT2D eigenvalue weighted by Crippen LogP contribution is 2.27. The molecule has 0 spiro atoms. The molecule has 0 aliphatic rings. The van der Waals surface area contributed by atoms with E-state index in [1.54, 1.807) is 23.5 Å². The average molecular weight is 381 g/mol. The molecule has 5 heteroatoms. The fourth-order valence-electron chi connectivity index (χ4n) is 2.77. The molecule has 1 aromatic heterocycles. The van der Waals surface area contributed by atoms with Gasteiger partial charge in [0, 0.05) is 24.4 Å². The first-order valence-corrected chi connectivity index (χ1v) is 9.78. The molecule has 1 atom stereocenters. The van der Waals surface area contributed by atoms with Crippen LogP contribution in [-0.2, 0) is 11.3 Å². The van der Waals surface area contributed by atoms with Gasteiger partial charge in [-0.15, -0.1) is 11.3 Å². The molecule has 0 radical (unpaired) electrons. The van der Waals surface area contributed by atoms with Gasteiger partial charge in [0.15, 0.2) is 0 Å². The van der Waals surface area contributed by atoms with Gasteiger partial charge in [0.2, 0.25) is 0 Å². The summed E-state index contributed by atoms with van der Waals surface area (Å²) in [6.45, 7) is 1.66. The van der Waals surface area contributed by atoms with Gasteiger partial charge in [-0.05, 0) is 36.2 Å². The Labute approximate surface area is 164 Å². The highest BCUT2D eigenvalue weighted by Gasteiger charge is 2.20. The standard InChI is InChI=1S/C22H23NO3S/c1-23(17-18-9-4-2-5-10-18)15-14-20(21-13-8-16-27-21)26-22(24)25-19-11-6-3-7-12-19/h2-13,16,20H,14-15,17H2,1H3/t20-/m0/s1. The SMILES string of the molecule is CN(CC[C@H](OC(=O)Oc1ccccc1)c1cccs1)Cc1ccccc1. The molecule has 0 aliphatic carbocycles. The van der Waals surface area contributed by atoms with Gasteiger partial charge in [0.1, 0.15) is 11.9 Å². The lowest BCUT2D eigenvalue weighted by Crippen LogP contribution is -2.23. The normalized spacial score (nSPS) is 11.9. The number of hydrogen-bond donors (Lipinski definition) is 0. The van der Waals surface area contributed by atoms with Crippen molar-refractivity contribution < 1.29 is 14.3 Å². The Hall–Kier alpha value is -2.63. The largest absolute Gasteiger partial charge is 0.514 e. The Morgan fingerprint density at radius 3 is 2.37 bits per heavy atom. The lowest BCUT2D eigenvalue weighted by molar-refractivity contribution is 0.0511. The third-order valence-electron chi connectivity index (χ3n) is 4.11. The maximum absolute atomic E-state index is 12.2. The number of thiophene rings is 1. The number of rotatable bonds is 8. The van der Waals surface area contributed by atoms with E-state index >= 15 is 0 Å². The maximum atomic E-state index is 12.2. The smallest absolute Gasteiger partial charge is 0.425 e. The fraction of sp³-hybridized carbons (Fsp3) is 0.227. The van der Waals surface area contributed by atoms with Gasteiger partial charge in [-0.1, -0.05) is 54.6 Å². The van der Waals surface area contributed by atoms with E-state index < -0.39 is 6.16 Å². The third-order valence-corrected chi connectivity index (χ3v) is 5.08. The van der Waals surface area contributed by atoms with Gasteiger partial charge in [0.25, 0.3) is 0 Å². The van der Waals surface area contributed by atoms with Crippen molar-refractivity contribution in [3.63, 3.8) is 0 Å². The summed E-state index contributed by atoms with van der Waals surface area (Å²) in [6.07, 6.45) is -0.293. The monoisotopic (exact) mass is 381 g/mol. The van der Waals surface area contributed by atoms with Gasteiger partial charge in [0.05, 0.1) is 0 Å². The summed E-state index contributed by atoms with van der Waals surface area (Å²) in [5.74, 6) is 0.480. The minimum atomic E-state index is -0.676. The van der Waals surface area contributed by atoms with Crippen LogP contribution in [0, 0.1) is 0 Å². The van der Waals surface area contributed by atoms with E-state index in [9.17, 15) is 4.79 Å². The maximum Gasteiger partial charge on any atom is 0.514 e. The molecule has 0 saturated carbocycles. The summed E-state index contributed by atoms with van der Waals surface area (Å²) >= 11 is 1.58. The predicted molar refractivity (Wildman–Crippen MR) is 108 cm³/mol. The summed E-state index contributed by atoms with van der Waals surface area (Å²) in [6, 6.07) is 23.2. The van der Waals surface area contributed by atoms with Gasteiger partial charge >= 0.3 is 6.16 Å². The molecular formula is C22H23NO3S. The molecule has 3 rings (SSSR count). The molecule has 0 N–H and O–H groups in total. The van der Waals surface area contributed by atoms with Crippen molar-refractivity contribution in [2.24, 2.45) is 0 Å². The minimum Gasteiger partial charge on any atom is -0.425 e. The molecule has 0 unspecified atom stereocenters. The van der Waals surface area contributed by atoms with Gasteiger partial charge in [-0.3, -0.25) is 0 Å². The van der Waals surface area contributed by atoms with Crippen molar-refractivity contribution >= 4 is 17.5 Å². The number of carbonyl (C=O) groups excluding carboxylic acids is 1. The van der Waals surface area contributed by atoms with Crippen LogP contribution < -0.4 is 4.74 Å². The van der Waals surface area contributed by atoms with Crippen LogP contribution in [0.5, 0.6) is 5.75 Å².